The van der Waals surface area contributed by atoms with Crippen molar-refractivity contribution in [3.63, 3.8) is 0 Å². The van der Waals surface area contributed by atoms with E-state index in [-0.39, 0.29) is 4.90 Å². The van der Waals surface area contributed by atoms with Gasteiger partial charge in [-0.3, -0.25) is 4.79 Å². The van der Waals surface area contributed by atoms with E-state index < -0.39 is 39.9 Å². The molecule has 5 nitrogen and oxygen atoms in total. The van der Waals surface area contributed by atoms with Crippen LogP contribution in [0.1, 0.15) is 23.1 Å². The van der Waals surface area contributed by atoms with Crippen molar-refractivity contribution in [3.8, 4) is 0 Å². The lowest BCUT2D eigenvalue weighted by molar-refractivity contribution is -0.137. The number of sulfonamides is 1. The highest BCUT2D eigenvalue weighted by Gasteiger charge is 2.34. The molecule has 0 bridgehead atoms. The first-order chi connectivity index (χ1) is 13.1. The van der Waals surface area contributed by atoms with E-state index in [1.165, 1.54) is 25.2 Å². The van der Waals surface area contributed by atoms with Gasteiger partial charge >= 0.3 is 6.18 Å². The Morgan fingerprint density at radius 2 is 1.79 bits per heavy atom. The molecule has 9 heteroatoms. The third-order valence-electron chi connectivity index (χ3n) is 4.65. The molecule has 0 saturated heterocycles. The maximum absolute atomic E-state index is 13.0. The minimum absolute atomic E-state index is 0.0686. The second kappa shape index (κ2) is 7.56. The number of para-hydroxylation sites is 1. The Balaban J connectivity index is 1.74. The van der Waals surface area contributed by atoms with E-state index in [9.17, 15) is 26.4 Å². The third kappa shape index (κ3) is 4.20. The average Bonchev–Trinajstić information content (AvgIpc) is 3.08. The van der Waals surface area contributed by atoms with Gasteiger partial charge in [-0.2, -0.15) is 17.5 Å². The van der Waals surface area contributed by atoms with Crippen molar-refractivity contribution in [2.24, 2.45) is 0 Å². The Morgan fingerprint density at radius 1 is 1.11 bits per heavy atom. The molecule has 2 aromatic rings. The van der Waals surface area contributed by atoms with Crippen molar-refractivity contribution in [1.82, 2.24) is 4.31 Å². The Bertz CT molecular complexity index is 1000. The number of aryl methyl sites for hydroxylation is 2. The van der Waals surface area contributed by atoms with Crippen LogP contribution in [0.3, 0.4) is 0 Å². The van der Waals surface area contributed by atoms with E-state index in [0.717, 1.165) is 46.8 Å². The second-order valence-electron chi connectivity index (χ2n) is 6.64. The number of anilines is 1. The van der Waals surface area contributed by atoms with Gasteiger partial charge in [0.05, 0.1) is 22.7 Å². The van der Waals surface area contributed by atoms with Crippen LogP contribution in [-0.2, 0) is 33.8 Å². The average molecular weight is 412 g/mol. The summed E-state index contributed by atoms with van der Waals surface area (Å²) < 4.78 is 65.3. The normalized spacial score (nSPS) is 14.2. The van der Waals surface area contributed by atoms with Crippen LogP contribution in [0.5, 0.6) is 0 Å². The molecule has 2 aromatic carbocycles. The predicted molar refractivity (Wildman–Crippen MR) is 98.4 cm³/mol. The minimum atomic E-state index is -4.63. The summed E-state index contributed by atoms with van der Waals surface area (Å²) in [5.74, 6) is -0.857. The molecule has 0 radical (unpaired) electrons. The van der Waals surface area contributed by atoms with E-state index in [1.807, 2.05) is 0 Å². The zero-order valence-corrected chi connectivity index (χ0v) is 15.9. The molecule has 0 atom stereocenters. The highest BCUT2D eigenvalue weighted by Crippen LogP contribution is 2.34. The van der Waals surface area contributed by atoms with Crippen molar-refractivity contribution in [2.75, 3.05) is 18.9 Å². The molecule has 0 aliphatic heterocycles. The van der Waals surface area contributed by atoms with E-state index >= 15 is 0 Å². The van der Waals surface area contributed by atoms with E-state index in [0.29, 0.717) is 0 Å². The molecule has 1 N–H and O–H groups in total. The molecule has 0 aromatic heterocycles. The maximum Gasteiger partial charge on any atom is 0.418 e. The van der Waals surface area contributed by atoms with Crippen LogP contribution in [0.2, 0.25) is 0 Å². The molecule has 1 aliphatic carbocycles. The molecular formula is C19H19F3N2O3S. The van der Waals surface area contributed by atoms with Crippen LogP contribution in [0.25, 0.3) is 0 Å². The Kier molecular flexibility index (Phi) is 5.49. The predicted octanol–water partition coefficient (Wildman–Crippen LogP) is 3.45. The van der Waals surface area contributed by atoms with Crippen LogP contribution in [0.15, 0.2) is 47.4 Å². The van der Waals surface area contributed by atoms with E-state index in [2.05, 4.69) is 5.32 Å². The minimum Gasteiger partial charge on any atom is -0.324 e. The number of nitrogens with one attached hydrogen (secondary N) is 1. The van der Waals surface area contributed by atoms with Gasteiger partial charge in [-0.25, -0.2) is 8.42 Å². The first-order valence-electron chi connectivity index (χ1n) is 8.63. The summed E-state index contributed by atoms with van der Waals surface area (Å²) in [6, 6.07) is 9.40. The van der Waals surface area contributed by atoms with Crippen LogP contribution in [0.4, 0.5) is 18.9 Å². The molecule has 3 rings (SSSR count). The molecule has 28 heavy (non-hydrogen) atoms. The molecule has 0 saturated carbocycles. The maximum atomic E-state index is 13.0. The molecule has 0 unspecified atom stereocenters. The number of carbonyl (C=O) groups excluding carboxylic acids is 1. The molecule has 1 amide bonds. The fraction of sp³-hybridized carbons (Fsp3) is 0.316. The molecule has 0 heterocycles. The van der Waals surface area contributed by atoms with E-state index in [1.54, 1.807) is 12.1 Å². The molecular weight excluding hydrogens is 393 g/mol. The zero-order valence-electron chi connectivity index (χ0n) is 15.1. The topological polar surface area (TPSA) is 66.5 Å². The van der Waals surface area contributed by atoms with Crippen molar-refractivity contribution in [3.05, 3.63) is 59.2 Å². The molecule has 1 aliphatic rings. The lowest BCUT2D eigenvalue weighted by Crippen LogP contribution is -2.35. The highest BCUT2D eigenvalue weighted by molar-refractivity contribution is 7.89. The van der Waals surface area contributed by atoms with Crippen molar-refractivity contribution < 1.29 is 26.4 Å². The van der Waals surface area contributed by atoms with Crippen LogP contribution in [-0.4, -0.2) is 32.2 Å². The fourth-order valence-electron chi connectivity index (χ4n) is 3.20. The van der Waals surface area contributed by atoms with Crippen molar-refractivity contribution in [2.45, 2.75) is 30.3 Å². The number of fused-ring (bicyclic) bond motifs is 1. The summed E-state index contributed by atoms with van der Waals surface area (Å²) in [7, 11) is -2.72. The standard InChI is InChI=1S/C19H19F3N2O3S/c1-24(28(26,27)15-10-9-13-5-4-6-14(13)11-15)12-18(25)23-17-8-3-2-7-16(17)19(20,21)22/h2-3,7-11H,4-6,12H2,1H3,(H,23,25). The Labute approximate surface area is 161 Å². The van der Waals surface area contributed by atoms with Crippen LogP contribution < -0.4 is 5.32 Å². The van der Waals surface area contributed by atoms with Gasteiger partial charge in [-0.15, -0.1) is 0 Å². The smallest absolute Gasteiger partial charge is 0.324 e. The molecule has 0 spiro atoms. The summed E-state index contributed by atoms with van der Waals surface area (Å²) in [4.78, 5) is 12.3. The van der Waals surface area contributed by atoms with Gasteiger partial charge in [0.15, 0.2) is 0 Å². The number of rotatable bonds is 5. The molecule has 150 valence electrons. The van der Waals surface area contributed by atoms with Gasteiger partial charge in [0, 0.05) is 7.05 Å². The number of alkyl halides is 3. The van der Waals surface area contributed by atoms with Crippen molar-refractivity contribution >= 4 is 21.6 Å². The summed E-state index contributed by atoms with van der Waals surface area (Å²) in [6.07, 6.45) is -1.95. The van der Waals surface area contributed by atoms with Crippen molar-refractivity contribution in [1.29, 1.82) is 0 Å². The van der Waals surface area contributed by atoms with Gasteiger partial charge < -0.3 is 5.32 Å². The van der Waals surface area contributed by atoms with E-state index in [4.69, 9.17) is 0 Å². The Hall–Kier alpha value is -2.39. The largest absolute Gasteiger partial charge is 0.418 e. The number of nitrogens with zero attached hydrogens (tertiary/aromatic N) is 1. The first kappa shape index (κ1) is 20.3. The quantitative estimate of drug-likeness (QED) is 0.818. The lowest BCUT2D eigenvalue weighted by atomic mass is 10.1. The number of likely N-dealkylation sites (N-methyl/N-ethyl adjacent to an activating group) is 1. The SMILES string of the molecule is CN(CC(=O)Nc1ccccc1C(F)(F)F)S(=O)(=O)c1ccc2c(c1)CCC2. The fourth-order valence-corrected chi connectivity index (χ4v) is 4.38. The third-order valence-corrected chi connectivity index (χ3v) is 6.45. The van der Waals surface area contributed by atoms with Gasteiger partial charge in [0.2, 0.25) is 15.9 Å². The van der Waals surface area contributed by atoms with Gasteiger partial charge in [0.1, 0.15) is 0 Å². The highest BCUT2D eigenvalue weighted by atomic mass is 32.2. The number of halogens is 3. The Morgan fingerprint density at radius 3 is 2.50 bits per heavy atom. The van der Waals surface area contributed by atoms with Gasteiger partial charge in [0.25, 0.3) is 0 Å². The van der Waals surface area contributed by atoms with Crippen LogP contribution >= 0.6 is 0 Å². The number of carbonyl (C=O) groups is 1. The summed E-state index contributed by atoms with van der Waals surface area (Å²) in [6.45, 7) is -0.606. The van der Waals surface area contributed by atoms with Gasteiger partial charge in [-0.1, -0.05) is 18.2 Å². The summed E-state index contributed by atoms with van der Waals surface area (Å²) in [5, 5.41) is 2.15. The van der Waals surface area contributed by atoms with Gasteiger partial charge in [-0.05, 0) is 54.7 Å². The number of hydrogen-bond acceptors (Lipinski definition) is 3. The number of benzene rings is 2. The first-order valence-corrected chi connectivity index (χ1v) is 10.1. The summed E-state index contributed by atoms with van der Waals surface area (Å²) >= 11 is 0. The molecule has 0 fully saturated rings. The monoisotopic (exact) mass is 412 g/mol. The van der Waals surface area contributed by atoms with Crippen LogP contribution in [0, 0.1) is 0 Å². The number of amides is 1. The zero-order chi connectivity index (χ0) is 20.5. The summed E-state index contributed by atoms with van der Waals surface area (Å²) in [5.41, 5.74) is 0.678. The number of hydrogen-bond donors (Lipinski definition) is 1. The lowest BCUT2D eigenvalue weighted by Gasteiger charge is -2.18. The second-order valence-corrected chi connectivity index (χ2v) is 8.68.